The van der Waals surface area contributed by atoms with E-state index in [1.54, 1.807) is 18.4 Å². The van der Waals surface area contributed by atoms with E-state index in [-0.39, 0.29) is 12.2 Å². The molecule has 19 nitrogen and oxygen atoms in total. The molecule has 21 heteroatoms. The van der Waals surface area contributed by atoms with Gasteiger partial charge in [0.25, 0.3) is 0 Å². The number of nitrogens with zero attached hydrogens (tertiary/aromatic N) is 5. The van der Waals surface area contributed by atoms with E-state index in [2.05, 4.69) is 15.0 Å². The zero-order valence-electron chi connectivity index (χ0n) is 25.5. The number of imidazole rings is 1. The fraction of sp³-hybridized carbons (Fsp3) is 0.615. The van der Waals surface area contributed by atoms with E-state index in [1.807, 2.05) is 0 Å². The van der Waals surface area contributed by atoms with Gasteiger partial charge in [-0.25, -0.2) is 24.3 Å². The summed E-state index contributed by atoms with van der Waals surface area (Å²) < 4.78 is 54.9. The summed E-state index contributed by atoms with van der Waals surface area (Å²) in [7, 11) is 1.30. The normalized spacial score (nSPS) is 29.1. The van der Waals surface area contributed by atoms with Crippen LogP contribution in [0.2, 0.25) is 0 Å². The monoisotopic (exact) mass is 702 g/mol. The molecule has 2 saturated heterocycles. The van der Waals surface area contributed by atoms with Crippen molar-refractivity contribution in [3.8, 4) is 0 Å². The van der Waals surface area contributed by atoms with Gasteiger partial charge in [-0.1, -0.05) is 0 Å². The highest BCUT2D eigenvalue weighted by Gasteiger charge is 2.52. The lowest BCUT2D eigenvalue weighted by molar-refractivity contribution is -0.149. The number of hydrogen-bond acceptors (Lipinski definition) is 18. The fourth-order valence-electron chi connectivity index (χ4n) is 5.12. The summed E-state index contributed by atoms with van der Waals surface area (Å²) in [4.78, 5) is 49.8. The average Bonchev–Trinajstić information content (AvgIpc) is 3.71. The number of nitrogens with two attached hydrogens (primary N) is 1. The lowest BCUT2D eigenvalue weighted by atomic mass is 10.1. The van der Waals surface area contributed by atoms with Crippen LogP contribution >= 0.6 is 18.2 Å². The van der Waals surface area contributed by atoms with Crippen molar-refractivity contribution in [2.45, 2.75) is 75.8 Å². The number of allylic oxidation sites excluding steroid dienone is 1. The van der Waals surface area contributed by atoms with Crippen molar-refractivity contribution in [1.29, 1.82) is 0 Å². The number of anilines is 1. The number of methoxy groups -OCH3 is 1. The minimum absolute atomic E-state index is 0.0994. The van der Waals surface area contributed by atoms with Gasteiger partial charge in [-0.3, -0.25) is 28.1 Å². The summed E-state index contributed by atoms with van der Waals surface area (Å²) in [6.45, 7) is -2.21. The molecule has 5 heterocycles. The number of ketones is 1. The van der Waals surface area contributed by atoms with Crippen LogP contribution in [0.4, 0.5) is 10.6 Å². The standard InChI is InChI=1S/C26H35N6O13PS/c1-13(2)42-26(37)40-12-47-46(38,45-21-16(8-33)44-25(22(21)39-3)31-5-4-14(34)6-18(31)36)41-9-17-15(35)7-19(43-17)32-11-30-20-23(27)28-10-29-24(20)32/h4-5,10-11,13,15-17,19,21-22,25,33,35H,6-9,12H2,1-3H3,(H2,27,28,29)/t15?,16-,17-,19?,21?,22+,25?,46-/m1/s1. The molecular formula is C26H35N6O13PS. The number of rotatable bonds is 13. The first-order valence-electron chi connectivity index (χ1n) is 14.4. The Bertz CT molecular complexity index is 1540. The molecule has 3 aliphatic rings. The summed E-state index contributed by atoms with van der Waals surface area (Å²) in [5, 5.41) is 20.9. The summed E-state index contributed by atoms with van der Waals surface area (Å²) >= 11 is 0.488. The van der Waals surface area contributed by atoms with Crippen LogP contribution in [0.5, 0.6) is 0 Å². The van der Waals surface area contributed by atoms with Gasteiger partial charge < -0.3 is 39.6 Å². The first-order chi connectivity index (χ1) is 22.4. The second-order valence-corrected chi connectivity index (χ2v) is 14.8. The lowest BCUT2D eigenvalue weighted by Crippen LogP contribution is -2.47. The molecule has 0 aliphatic carbocycles. The molecule has 0 saturated carbocycles. The topological polar surface area (TPSA) is 246 Å². The summed E-state index contributed by atoms with van der Waals surface area (Å²) in [5.74, 6) is -1.33. The molecule has 0 aromatic carbocycles. The van der Waals surface area contributed by atoms with Crippen LogP contribution in [0.3, 0.4) is 0 Å². The number of aliphatic hydroxyl groups is 2. The van der Waals surface area contributed by atoms with Gasteiger partial charge in [0.2, 0.25) is 5.91 Å². The highest BCUT2D eigenvalue weighted by atomic mass is 32.7. The van der Waals surface area contributed by atoms with Crippen molar-refractivity contribution in [3.63, 3.8) is 0 Å². The van der Waals surface area contributed by atoms with Crippen molar-refractivity contribution in [1.82, 2.24) is 24.4 Å². The number of aliphatic hydroxyl groups excluding tert-OH is 2. The Hall–Kier alpha value is -3.20. The molecule has 1 amide bonds. The number of hydrogen-bond donors (Lipinski definition) is 3. The van der Waals surface area contributed by atoms with Gasteiger partial charge >= 0.3 is 13.0 Å². The third-order valence-electron chi connectivity index (χ3n) is 7.31. The molecule has 3 aliphatic heterocycles. The van der Waals surface area contributed by atoms with Crippen LogP contribution < -0.4 is 5.73 Å². The fourth-order valence-corrected chi connectivity index (χ4v) is 7.91. The number of aromatic nitrogens is 4. The minimum Gasteiger partial charge on any atom is -0.432 e. The molecule has 0 spiro atoms. The number of nitrogen functional groups attached to an aromatic ring is 1. The quantitative estimate of drug-likeness (QED) is 0.113. The number of carbonyl (C=O) groups excluding carboxylic acids is 3. The van der Waals surface area contributed by atoms with Crippen LogP contribution in [0, 0.1) is 0 Å². The van der Waals surface area contributed by atoms with E-state index in [1.165, 1.54) is 32.0 Å². The Morgan fingerprint density at radius 3 is 2.70 bits per heavy atom. The molecule has 5 rings (SSSR count). The first-order valence-corrected chi connectivity index (χ1v) is 17.5. The average molecular weight is 703 g/mol. The summed E-state index contributed by atoms with van der Waals surface area (Å²) in [5.41, 5.74) is 6.61. The predicted molar refractivity (Wildman–Crippen MR) is 160 cm³/mol. The highest BCUT2D eigenvalue weighted by Crippen LogP contribution is 2.63. The van der Waals surface area contributed by atoms with Gasteiger partial charge in [0.15, 0.2) is 29.4 Å². The SMILES string of the molecule is CO[C@H]1C(O[P@@](=O)(OC[C@H]2OC(n3cnc4c(N)ncnc43)CC2O)SCOC(=O)OC(C)C)[C@@H](CO)OC1N1C=CC(=O)CC1=O. The van der Waals surface area contributed by atoms with E-state index in [0.717, 1.165) is 4.90 Å². The number of fused-ring (bicyclic) bond motifs is 1. The second-order valence-electron chi connectivity index (χ2n) is 10.8. The van der Waals surface area contributed by atoms with Gasteiger partial charge in [0, 0.05) is 31.1 Å². The Labute approximate surface area is 271 Å². The van der Waals surface area contributed by atoms with Crippen LogP contribution in [0.1, 0.15) is 32.9 Å². The maximum atomic E-state index is 14.2. The molecule has 8 atom stereocenters. The Kier molecular flexibility index (Phi) is 11.1. The number of amides is 1. The molecule has 0 bridgehead atoms. The van der Waals surface area contributed by atoms with Crippen molar-refractivity contribution in [2.24, 2.45) is 0 Å². The Morgan fingerprint density at radius 2 is 2.00 bits per heavy atom. The van der Waals surface area contributed by atoms with Crippen molar-refractivity contribution in [2.75, 3.05) is 32.0 Å². The number of ether oxygens (including phenoxy) is 5. The molecule has 47 heavy (non-hydrogen) atoms. The zero-order valence-corrected chi connectivity index (χ0v) is 27.2. The first kappa shape index (κ1) is 35.1. The van der Waals surface area contributed by atoms with E-state index in [9.17, 15) is 29.2 Å². The van der Waals surface area contributed by atoms with Crippen LogP contribution in [-0.4, -0.2) is 122 Å². The minimum atomic E-state index is -4.37. The van der Waals surface area contributed by atoms with Gasteiger partial charge in [0.05, 0.1) is 38.2 Å². The molecule has 0 radical (unpaired) electrons. The van der Waals surface area contributed by atoms with Crippen molar-refractivity contribution in [3.05, 3.63) is 24.9 Å². The van der Waals surface area contributed by atoms with Crippen LogP contribution in [-0.2, 0) is 46.9 Å². The predicted octanol–water partition coefficient (Wildman–Crippen LogP) is 0.866. The summed E-state index contributed by atoms with van der Waals surface area (Å²) in [6.07, 6.45) is -4.16. The van der Waals surface area contributed by atoms with E-state index in [4.69, 9.17) is 38.5 Å². The van der Waals surface area contributed by atoms with Crippen LogP contribution in [0.15, 0.2) is 24.9 Å². The molecule has 2 aromatic rings. The largest absolute Gasteiger partial charge is 0.509 e. The smallest absolute Gasteiger partial charge is 0.432 e. The van der Waals surface area contributed by atoms with E-state index < -0.39 is 99.3 Å². The Balaban J connectivity index is 1.32. The Morgan fingerprint density at radius 1 is 1.21 bits per heavy atom. The molecule has 258 valence electrons. The third kappa shape index (κ3) is 7.93. The maximum Gasteiger partial charge on any atom is 0.509 e. The summed E-state index contributed by atoms with van der Waals surface area (Å²) in [6, 6.07) is 0. The highest BCUT2D eigenvalue weighted by molar-refractivity contribution is 8.55. The molecule has 4 N–H and O–H groups in total. The van der Waals surface area contributed by atoms with Crippen molar-refractivity contribution >= 4 is 53.0 Å². The van der Waals surface area contributed by atoms with Gasteiger partial charge in [0.1, 0.15) is 42.5 Å². The molecule has 2 fully saturated rings. The second kappa shape index (κ2) is 14.9. The third-order valence-corrected chi connectivity index (χ3v) is 10.7. The van der Waals surface area contributed by atoms with E-state index >= 15 is 0 Å². The molecule has 4 unspecified atom stereocenters. The lowest BCUT2D eigenvalue weighted by Gasteiger charge is -2.31. The molecular weight excluding hydrogens is 667 g/mol. The van der Waals surface area contributed by atoms with Crippen LogP contribution in [0.25, 0.3) is 11.2 Å². The van der Waals surface area contributed by atoms with Crippen molar-refractivity contribution < 1.29 is 61.9 Å². The maximum absolute atomic E-state index is 14.2. The van der Waals surface area contributed by atoms with Gasteiger partial charge in [-0.2, -0.15) is 0 Å². The van der Waals surface area contributed by atoms with E-state index in [0.29, 0.717) is 22.5 Å². The van der Waals surface area contributed by atoms with Gasteiger partial charge in [-0.15, -0.1) is 0 Å². The van der Waals surface area contributed by atoms with Gasteiger partial charge in [-0.05, 0) is 19.9 Å². The molecule has 2 aromatic heterocycles. The number of carbonyl (C=O) groups is 3. The zero-order chi connectivity index (χ0) is 33.9.